The molecule has 1 aliphatic rings. The van der Waals surface area contributed by atoms with Crippen molar-refractivity contribution in [3.63, 3.8) is 0 Å². The molecule has 2 amide bonds. The summed E-state index contributed by atoms with van der Waals surface area (Å²) < 4.78 is 10.5. The van der Waals surface area contributed by atoms with Crippen LogP contribution in [0.1, 0.15) is 29.8 Å². The van der Waals surface area contributed by atoms with Gasteiger partial charge in [-0.25, -0.2) is 0 Å². The first-order valence-corrected chi connectivity index (χ1v) is 10.5. The topological polar surface area (TPSA) is 71.1 Å². The highest BCUT2D eigenvalue weighted by Crippen LogP contribution is 2.25. The third-order valence-corrected chi connectivity index (χ3v) is 5.61. The second kappa shape index (κ2) is 9.73. The third-order valence-electron chi connectivity index (χ3n) is 5.61. The summed E-state index contributed by atoms with van der Waals surface area (Å²) in [6.45, 7) is 5.72. The fourth-order valence-electron chi connectivity index (χ4n) is 3.75. The summed E-state index contributed by atoms with van der Waals surface area (Å²) in [5.74, 6) is 0.549. The van der Waals surface area contributed by atoms with E-state index in [1.54, 1.807) is 18.2 Å². The minimum atomic E-state index is -0.639. The van der Waals surface area contributed by atoms with Crippen molar-refractivity contribution in [1.82, 2.24) is 10.2 Å². The molecule has 0 radical (unpaired) electrons. The minimum absolute atomic E-state index is 0.0693. The largest absolute Gasteiger partial charge is 0.497 e. The van der Waals surface area contributed by atoms with Crippen LogP contribution < -0.4 is 19.7 Å². The number of hydrogen-bond donors (Lipinski definition) is 1. The maximum atomic E-state index is 13.5. The molecule has 0 bridgehead atoms. The molecular weight excluding hydrogens is 394 g/mol. The number of nitrogens with one attached hydrogen (secondary N) is 1. The van der Waals surface area contributed by atoms with Gasteiger partial charge in [0.25, 0.3) is 5.91 Å². The van der Waals surface area contributed by atoms with E-state index < -0.39 is 6.04 Å². The number of carbonyl (C=O) groups is 2. The van der Waals surface area contributed by atoms with Crippen LogP contribution in [0.15, 0.2) is 42.5 Å². The summed E-state index contributed by atoms with van der Waals surface area (Å²) in [6.07, 6.45) is 0. The average Bonchev–Trinajstić information content (AvgIpc) is 2.95. The van der Waals surface area contributed by atoms with Gasteiger partial charge in [-0.1, -0.05) is 32.0 Å². The van der Waals surface area contributed by atoms with Gasteiger partial charge in [-0.2, -0.15) is 0 Å². The zero-order valence-electron chi connectivity index (χ0n) is 18.8. The van der Waals surface area contributed by atoms with Crippen molar-refractivity contribution in [2.45, 2.75) is 26.4 Å². The summed E-state index contributed by atoms with van der Waals surface area (Å²) in [5.41, 5.74) is 2.62. The van der Waals surface area contributed by atoms with Crippen LogP contribution >= 0.6 is 0 Å². The Balaban J connectivity index is 1.81. The van der Waals surface area contributed by atoms with Gasteiger partial charge in [-0.15, -0.1) is 0 Å². The quantitative estimate of drug-likeness (QED) is 0.771. The number of carbonyl (C=O) groups excluding carboxylic acids is 2. The molecule has 2 aromatic rings. The second-order valence-corrected chi connectivity index (χ2v) is 8.11. The number of para-hydroxylation sites is 1. The summed E-state index contributed by atoms with van der Waals surface area (Å²) in [5, 5.41) is 2.93. The number of fused-ring (bicyclic) bond motifs is 1. The number of hydrogen-bond acceptors (Lipinski definition) is 5. The molecule has 7 heteroatoms. The molecule has 7 nitrogen and oxygen atoms in total. The SMILES string of the molecule is COc1cc(OC)cc(C(=O)NC(C(=O)N2CCN(C)c3ccccc3C2)C(C)C)c1. The van der Waals surface area contributed by atoms with Crippen molar-refractivity contribution in [2.24, 2.45) is 5.92 Å². The Labute approximate surface area is 183 Å². The third kappa shape index (κ3) is 5.10. The number of likely N-dealkylation sites (N-methyl/N-ethyl adjacent to an activating group) is 1. The number of methoxy groups -OCH3 is 2. The van der Waals surface area contributed by atoms with E-state index in [-0.39, 0.29) is 17.7 Å². The fraction of sp³-hybridized carbons (Fsp3) is 0.417. The van der Waals surface area contributed by atoms with Crippen LogP contribution in [0.3, 0.4) is 0 Å². The summed E-state index contributed by atoms with van der Waals surface area (Å²) >= 11 is 0. The first kappa shape index (κ1) is 22.5. The molecule has 166 valence electrons. The Kier molecular flexibility index (Phi) is 7.05. The molecule has 31 heavy (non-hydrogen) atoms. The Morgan fingerprint density at radius 3 is 2.26 bits per heavy atom. The number of amides is 2. The molecule has 0 aliphatic carbocycles. The molecule has 1 N–H and O–H groups in total. The number of benzene rings is 2. The van der Waals surface area contributed by atoms with Gasteiger partial charge in [0.05, 0.1) is 14.2 Å². The van der Waals surface area contributed by atoms with Crippen LogP contribution in [0.2, 0.25) is 0 Å². The molecule has 0 spiro atoms. The molecule has 0 saturated heterocycles. The van der Waals surface area contributed by atoms with Gasteiger partial charge in [0.1, 0.15) is 17.5 Å². The lowest BCUT2D eigenvalue weighted by molar-refractivity contribution is -0.134. The van der Waals surface area contributed by atoms with E-state index in [0.717, 1.165) is 17.8 Å². The Hall–Kier alpha value is -3.22. The van der Waals surface area contributed by atoms with Gasteiger partial charge in [-0.05, 0) is 29.7 Å². The van der Waals surface area contributed by atoms with E-state index in [0.29, 0.717) is 30.2 Å². The fourth-order valence-corrected chi connectivity index (χ4v) is 3.75. The number of nitrogens with zero attached hydrogens (tertiary/aromatic N) is 2. The standard InChI is InChI=1S/C24H31N3O4/c1-16(2)22(25-23(28)18-12-19(30-4)14-20(13-18)31-5)24(29)27-11-10-26(3)21-9-7-6-8-17(21)15-27/h6-9,12-14,16,22H,10-11,15H2,1-5H3,(H,25,28). The van der Waals surface area contributed by atoms with Crippen molar-refractivity contribution in [1.29, 1.82) is 0 Å². The maximum absolute atomic E-state index is 13.5. The Morgan fingerprint density at radius 1 is 1.00 bits per heavy atom. The van der Waals surface area contributed by atoms with Crippen LogP contribution in [-0.4, -0.2) is 57.1 Å². The molecule has 0 saturated carbocycles. The van der Waals surface area contributed by atoms with Crippen molar-refractivity contribution in [3.8, 4) is 11.5 Å². The van der Waals surface area contributed by atoms with Crippen molar-refractivity contribution in [2.75, 3.05) is 39.3 Å². The number of ether oxygens (including phenoxy) is 2. The molecular formula is C24H31N3O4. The van der Waals surface area contributed by atoms with Crippen LogP contribution in [0, 0.1) is 5.92 Å². The lowest BCUT2D eigenvalue weighted by atomic mass is 10.0. The van der Waals surface area contributed by atoms with Gasteiger partial charge in [0.2, 0.25) is 5.91 Å². The van der Waals surface area contributed by atoms with E-state index >= 15 is 0 Å². The van der Waals surface area contributed by atoms with Crippen LogP contribution in [-0.2, 0) is 11.3 Å². The van der Waals surface area contributed by atoms with Crippen molar-refractivity contribution < 1.29 is 19.1 Å². The molecule has 1 atom stereocenters. The summed E-state index contributed by atoms with van der Waals surface area (Å²) in [4.78, 5) is 30.5. The van der Waals surface area contributed by atoms with E-state index in [2.05, 4.69) is 16.3 Å². The molecule has 1 heterocycles. The summed E-state index contributed by atoms with van der Waals surface area (Å²) in [7, 11) is 5.10. The Bertz CT molecular complexity index is 922. The second-order valence-electron chi connectivity index (χ2n) is 8.11. The van der Waals surface area contributed by atoms with Gasteiger partial charge >= 0.3 is 0 Å². The summed E-state index contributed by atoms with van der Waals surface area (Å²) in [6, 6.07) is 12.4. The predicted octanol–water partition coefficient (Wildman–Crippen LogP) is 2.94. The molecule has 0 aromatic heterocycles. The molecule has 0 fully saturated rings. The molecule has 2 aromatic carbocycles. The number of rotatable bonds is 6. The van der Waals surface area contributed by atoms with E-state index in [4.69, 9.17) is 9.47 Å². The van der Waals surface area contributed by atoms with Crippen LogP contribution in [0.4, 0.5) is 5.69 Å². The maximum Gasteiger partial charge on any atom is 0.252 e. The van der Waals surface area contributed by atoms with Crippen LogP contribution in [0.5, 0.6) is 11.5 Å². The highest BCUT2D eigenvalue weighted by molar-refractivity contribution is 5.98. The predicted molar refractivity (Wildman–Crippen MR) is 121 cm³/mol. The molecule has 1 aliphatic heterocycles. The Morgan fingerprint density at radius 2 is 1.65 bits per heavy atom. The lowest BCUT2D eigenvalue weighted by Crippen LogP contribution is -2.51. The van der Waals surface area contributed by atoms with E-state index in [9.17, 15) is 9.59 Å². The van der Waals surface area contributed by atoms with Gasteiger partial charge in [-0.3, -0.25) is 9.59 Å². The van der Waals surface area contributed by atoms with Gasteiger partial charge in [0.15, 0.2) is 0 Å². The first-order chi connectivity index (χ1) is 14.8. The van der Waals surface area contributed by atoms with E-state index in [1.807, 2.05) is 44.0 Å². The van der Waals surface area contributed by atoms with Crippen molar-refractivity contribution in [3.05, 3.63) is 53.6 Å². The van der Waals surface area contributed by atoms with E-state index in [1.165, 1.54) is 14.2 Å². The molecule has 1 unspecified atom stereocenters. The lowest BCUT2D eigenvalue weighted by Gasteiger charge is -2.29. The smallest absolute Gasteiger partial charge is 0.252 e. The number of anilines is 1. The normalized spacial score (nSPS) is 14.5. The average molecular weight is 426 g/mol. The van der Waals surface area contributed by atoms with Gasteiger partial charge < -0.3 is 24.6 Å². The van der Waals surface area contributed by atoms with Crippen molar-refractivity contribution >= 4 is 17.5 Å². The first-order valence-electron chi connectivity index (χ1n) is 10.5. The zero-order valence-corrected chi connectivity index (χ0v) is 18.8. The van der Waals surface area contributed by atoms with Gasteiger partial charge in [0, 0.05) is 44.0 Å². The monoisotopic (exact) mass is 425 g/mol. The molecule has 3 rings (SSSR count). The zero-order chi connectivity index (χ0) is 22.5. The highest BCUT2D eigenvalue weighted by Gasteiger charge is 2.31. The highest BCUT2D eigenvalue weighted by atomic mass is 16.5. The minimum Gasteiger partial charge on any atom is -0.497 e. The van der Waals surface area contributed by atoms with Crippen LogP contribution in [0.25, 0.3) is 0 Å².